The summed E-state index contributed by atoms with van der Waals surface area (Å²) < 4.78 is 16.4. The van der Waals surface area contributed by atoms with Crippen molar-refractivity contribution in [3.05, 3.63) is 47.9 Å². The summed E-state index contributed by atoms with van der Waals surface area (Å²) in [7, 11) is 3.29. The molecule has 1 amide bonds. The van der Waals surface area contributed by atoms with Gasteiger partial charge in [-0.3, -0.25) is 4.79 Å². The van der Waals surface area contributed by atoms with Gasteiger partial charge in [0.1, 0.15) is 23.3 Å². The fourth-order valence-electron chi connectivity index (χ4n) is 5.43. The normalized spacial score (nSPS) is 27.9. The Kier molecular flexibility index (Phi) is 6.53. The number of hydrogen-bond donors (Lipinski definition) is 3. The number of nitrogens with one attached hydrogen (secondary N) is 2. The third-order valence-corrected chi connectivity index (χ3v) is 6.99. The number of aliphatic hydroxyl groups is 1. The van der Waals surface area contributed by atoms with Crippen LogP contribution in [0.1, 0.15) is 49.5 Å². The zero-order valence-corrected chi connectivity index (χ0v) is 18.4. The summed E-state index contributed by atoms with van der Waals surface area (Å²) in [6, 6.07) is 9.50. The van der Waals surface area contributed by atoms with Crippen molar-refractivity contribution in [2.24, 2.45) is 5.92 Å². The molecule has 168 valence electrons. The van der Waals surface area contributed by atoms with Gasteiger partial charge in [-0.15, -0.1) is 0 Å². The summed E-state index contributed by atoms with van der Waals surface area (Å²) in [5, 5.41) is 14.4. The molecule has 4 atom stereocenters. The lowest BCUT2D eigenvalue weighted by Crippen LogP contribution is -3.16. The van der Waals surface area contributed by atoms with E-state index in [0.29, 0.717) is 19.5 Å². The van der Waals surface area contributed by atoms with Gasteiger partial charge >= 0.3 is 0 Å². The standard InChI is InChI=1S/C24H32N2O5/c1-29-17-8-9-19(21(14-17)30-2)23-20-7-3-4-10-24(20,28)11-12-26(23)16-22(27)25-15-18-6-5-13-31-18/h5-6,8-9,13-14,20,23,28H,3-4,7,10-12,15-16H2,1-2H3,(H,25,27)/p+1/t20-,23+,24-/m1/s1. The van der Waals surface area contributed by atoms with Crippen molar-refractivity contribution in [1.82, 2.24) is 5.32 Å². The van der Waals surface area contributed by atoms with Crippen molar-refractivity contribution in [2.75, 3.05) is 27.3 Å². The van der Waals surface area contributed by atoms with Crippen molar-refractivity contribution in [2.45, 2.75) is 50.3 Å². The Morgan fingerprint density at radius 1 is 1.26 bits per heavy atom. The van der Waals surface area contributed by atoms with Gasteiger partial charge in [-0.1, -0.05) is 12.8 Å². The number of rotatable bonds is 7. The van der Waals surface area contributed by atoms with E-state index in [0.717, 1.165) is 60.0 Å². The average molecular weight is 430 g/mol. The molecule has 2 aromatic rings. The van der Waals surface area contributed by atoms with Crippen LogP contribution in [0.3, 0.4) is 0 Å². The third kappa shape index (κ3) is 4.57. The Hall–Kier alpha value is -2.51. The van der Waals surface area contributed by atoms with E-state index in [-0.39, 0.29) is 17.9 Å². The van der Waals surface area contributed by atoms with Crippen molar-refractivity contribution >= 4 is 5.91 Å². The molecular formula is C24H33N2O5+. The summed E-state index contributed by atoms with van der Waals surface area (Å²) in [5.74, 6) is 2.27. The quantitative estimate of drug-likeness (QED) is 0.626. The molecule has 1 unspecified atom stereocenters. The Balaban J connectivity index is 1.60. The Morgan fingerprint density at radius 2 is 2.13 bits per heavy atom. The predicted molar refractivity (Wildman–Crippen MR) is 115 cm³/mol. The molecular weight excluding hydrogens is 396 g/mol. The number of carbonyl (C=O) groups is 1. The first-order valence-electron chi connectivity index (χ1n) is 11.1. The number of hydrogen-bond acceptors (Lipinski definition) is 5. The highest BCUT2D eigenvalue weighted by atomic mass is 16.5. The molecule has 1 aliphatic carbocycles. The molecule has 0 radical (unpaired) electrons. The van der Waals surface area contributed by atoms with Crippen LogP contribution in [-0.2, 0) is 11.3 Å². The molecule has 1 saturated heterocycles. The molecule has 3 N–H and O–H groups in total. The van der Waals surface area contributed by atoms with E-state index in [9.17, 15) is 9.90 Å². The maximum atomic E-state index is 12.8. The van der Waals surface area contributed by atoms with Crippen LogP contribution >= 0.6 is 0 Å². The van der Waals surface area contributed by atoms with E-state index in [2.05, 4.69) is 5.32 Å². The zero-order chi connectivity index (χ0) is 21.8. The molecule has 1 aliphatic heterocycles. The van der Waals surface area contributed by atoms with Gasteiger partial charge in [0.2, 0.25) is 0 Å². The van der Waals surface area contributed by atoms with E-state index in [1.165, 1.54) is 0 Å². The van der Waals surface area contributed by atoms with Crippen molar-refractivity contribution in [1.29, 1.82) is 0 Å². The van der Waals surface area contributed by atoms with Crippen molar-refractivity contribution in [3.63, 3.8) is 0 Å². The van der Waals surface area contributed by atoms with Crippen LogP contribution in [-0.4, -0.2) is 43.9 Å². The summed E-state index contributed by atoms with van der Waals surface area (Å²) in [5.41, 5.74) is 0.351. The molecule has 0 bridgehead atoms. The summed E-state index contributed by atoms with van der Waals surface area (Å²) >= 11 is 0. The Bertz CT molecular complexity index is 884. The largest absolute Gasteiger partial charge is 0.497 e. The molecule has 2 fully saturated rings. The lowest BCUT2D eigenvalue weighted by molar-refractivity contribution is -0.937. The Morgan fingerprint density at radius 3 is 2.87 bits per heavy atom. The molecule has 2 aliphatic rings. The number of benzene rings is 1. The number of piperidine rings is 1. The number of ether oxygens (including phenoxy) is 2. The minimum Gasteiger partial charge on any atom is -0.497 e. The van der Waals surface area contributed by atoms with Gasteiger partial charge < -0.3 is 29.2 Å². The third-order valence-electron chi connectivity index (χ3n) is 6.99. The van der Waals surface area contributed by atoms with E-state index >= 15 is 0 Å². The van der Waals surface area contributed by atoms with Crippen molar-refractivity contribution < 1.29 is 28.7 Å². The summed E-state index contributed by atoms with van der Waals surface area (Å²) in [6.45, 7) is 1.46. The number of methoxy groups -OCH3 is 2. The van der Waals surface area contributed by atoms with Gasteiger partial charge in [-0.05, 0) is 37.1 Å². The van der Waals surface area contributed by atoms with Gasteiger partial charge in [0.25, 0.3) is 5.91 Å². The second kappa shape index (κ2) is 9.32. The lowest BCUT2D eigenvalue weighted by Gasteiger charge is -2.50. The first kappa shape index (κ1) is 21.7. The minimum absolute atomic E-state index is 0.0192. The van der Waals surface area contributed by atoms with Gasteiger partial charge in [0.05, 0.1) is 44.7 Å². The van der Waals surface area contributed by atoms with Crippen LogP contribution in [0.5, 0.6) is 11.5 Å². The van der Waals surface area contributed by atoms with E-state index in [1.807, 2.05) is 30.3 Å². The first-order chi connectivity index (χ1) is 15.0. The molecule has 1 aromatic heterocycles. The second-order valence-corrected chi connectivity index (χ2v) is 8.73. The lowest BCUT2D eigenvalue weighted by atomic mass is 9.66. The van der Waals surface area contributed by atoms with Gasteiger partial charge in [0, 0.05) is 18.4 Å². The van der Waals surface area contributed by atoms with Crippen LogP contribution in [0.2, 0.25) is 0 Å². The minimum atomic E-state index is -0.679. The molecule has 1 saturated carbocycles. The maximum absolute atomic E-state index is 12.8. The molecule has 1 aromatic carbocycles. The number of likely N-dealkylation sites (tertiary alicyclic amines) is 1. The number of fused-ring (bicyclic) bond motifs is 1. The highest BCUT2D eigenvalue weighted by Gasteiger charge is 2.52. The fraction of sp³-hybridized carbons (Fsp3) is 0.542. The van der Waals surface area contributed by atoms with Crippen LogP contribution < -0.4 is 19.7 Å². The monoisotopic (exact) mass is 429 g/mol. The average Bonchev–Trinajstić information content (AvgIpc) is 3.31. The summed E-state index contributed by atoms with van der Waals surface area (Å²) in [6.07, 6.45) is 6.25. The summed E-state index contributed by atoms with van der Waals surface area (Å²) in [4.78, 5) is 14.0. The highest BCUT2D eigenvalue weighted by molar-refractivity contribution is 5.76. The molecule has 4 rings (SSSR count). The van der Waals surface area contributed by atoms with E-state index < -0.39 is 5.60 Å². The second-order valence-electron chi connectivity index (χ2n) is 8.73. The number of carbonyl (C=O) groups excluding carboxylic acids is 1. The topological polar surface area (TPSA) is 85.4 Å². The van der Waals surface area contributed by atoms with E-state index in [4.69, 9.17) is 13.9 Å². The molecule has 0 spiro atoms. The van der Waals surface area contributed by atoms with Crippen LogP contribution in [0.4, 0.5) is 0 Å². The number of quaternary nitrogens is 1. The SMILES string of the molecule is COc1ccc([C@H]2[C@H]3CCCC[C@@]3(O)CC[NH+]2CC(=O)NCc2ccco2)c(OC)c1. The van der Waals surface area contributed by atoms with Gasteiger partial charge in [-0.25, -0.2) is 0 Å². The molecule has 31 heavy (non-hydrogen) atoms. The number of furan rings is 1. The van der Waals surface area contributed by atoms with Crippen LogP contribution in [0.15, 0.2) is 41.0 Å². The fourth-order valence-corrected chi connectivity index (χ4v) is 5.43. The van der Waals surface area contributed by atoms with E-state index in [1.54, 1.807) is 20.5 Å². The maximum Gasteiger partial charge on any atom is 0.275 e. The predicted octanol–water partition coefficient (Wildman–Crippen LogP) is 1.86. The Labute approximate surface area is 183 Å². The number of amides is 1. The van der Waals surface area contributed by atoms with Crippen molar-refractivity contribution in [3.8, 4) is 11.5 Å². The van der Waals surface area contributed by atoms with Gasteiger partial charge in [-0.2, -0.15) is 0 Å². The molecule has 2 heterocycles. The molecule has 7 nitrogen and oxygen atoms in total. The smallest absolute Gasteiger partial charge is 0.275 e. The van der Waals surface area contributed by atoms with Gasteiger partial charge in [0.15, 0.2) is 6.54 Å². The zero-order valence-electron chi connectivity index (χ0n) is 18.4. The molecule has 7 heteroatoms. The highest BCUT2D eigenvalue weighted by Crippen LogP contribution is 2.46. The first-order valence-corrected chi connectivity index (χ1v) is 11.1. The van der Waals surface area contributed by atoms with Crippen LogP contribution in [0.25, 0.3) is 0 Å². The van der Waals surface area contributed by atoms with Crippen LogP contribution in [0, 0.1) is 5.92 Å².